The minimum atomic E-state index is -0.535. The molecule has 15 heteroatoms. The fraction of sp³-hybridized carbons (Fsp3) is 0.356. The molecule has 14 nitrogen and oxygen atoms in total. The zero-order valence-electron chi connectivity index (χ0n) is 34.1. The molecule has 4 heterocycles. The number of para-hydroxylation sites is 1. The molecule has 0 fully saturated rings. The Morgan fingerprint density at radius 1 is 0.850 bits per heavy atom. The number of carbonyl (C=O) groups is 3. The van der Waals surface area contributed by atoms with Crippen molar-refractivity contribution in [3.63, 3.8) is 0 Å². The monoisotopic (exact) mass is 836 g/mol. The van der Waals surface area contributed by atoms with E-state index in [1.165, 1.54) is 11.3 Å². The fourth-order valence-corrected chi connectivity index (χ4v) is 8.09. The zero-order chi connectivity index (χ0) is 42.1. The van der Waals surface area contributed by atoms with Gasteiger partial charge in [-0.05, 0) is 85.8 Å². The first kappa shape index (κ1) is 42.4. The summed E-state index contributed by atoms with van der Waals surface area (Å²) in [4.78, 5) is 42.6. The number of aromatic nitrogens is 2. The number of nitrogens with zero attached hydrogens (tertiary/aromatic N) is 1. The molecular weight excluding hydrogens is 785 g/mol. The van der Waals surface area contributed by atoms with Crippen LogP contribution in [0.25, 0.3) is 21.8 Å². The van der Waals surface area contributed by atoms with Crippen LogP contribution in [0.4, 0.5) is 4.79 Å². The van der Waals surface area contributed by atoms with Crippen LogP contribution >= 0.6 is 11.3 Å². The van der Waals surface area contributed by atoms with Gasteiger partial charge in [0.2, 0.25) is 0 Å². The lowest BCUT2D eigenvalue weighted by atomic mass is 9.95. The summed E-state index contributed by atoms with van der Waals surface area (Å²) in [7, 11) is 0. The molecule has 3 aromatic carbocycles. The highest BCUT2D eigenvalue weighted by molar-refractivity contribution is 7.14. The maximum absolute atomic E-state index is 12.9. The number of ether oxygens (including phenoxy) is 4. The molecule has 0 aliphatic carbocycles. The van der Waals surface area contributed by atoms with Crippen LogP contribution in [-0.2, 0) is 38.6 Å². The highest BCUT2D eigenvalue weighted by atomic mass is 32.1. The molecule has 6 N–H and O–H groups in total. The normalized spacial score (nSPS) is 13.8. The third kappa shape index (κ3) is 10.9. The predicted molar refractivity (Wildman–Crippen MR) is 231 cm³/mol. The van der Waals surface area contributed by atoms with Gasteiger partial charge >= 0.3 is 6.09 Å². The summed E-state index contributed by atoms with van der Waals surface area (Å²) >= 11 is 1.47. The van der Waals surface area contributed by atoms with Crippen LogP contribution in [0.5, 0.6) is 5.75 Å². The summed E-state index contributed by atoms with van der Waals surface area (Å²) in [6.45, 7) is 10.3. The average molecular weight is 837 g/mol. The molecule has 60 heavy (non-hydrogen) atoms. The predicted octanol–water partition coefficient (Wildman–Crippen LogP) is 6.36. The van der Waals surface area contributed by atoms with Crippen LogP contribution in [0.2, 0.25) is 0 Å². The highest BCUT2D eigenvalue weighted by Crippen LogP contribution is 2.38. The van der Waals surface area contributed by atoms with Crippen molar-refractivity contribution < 1.29 is 38.4 Å². The summed E-state index contributed by atoms with van der Waals surface area (Å²) in [5, 5.41) is 24.7. The standard InChI is InChI=1S/C45H52N6O8S/c1-45(2,3)59-44(55)48-16-19-57-21-23-58-22-20-56-18-15-47-43(54)39-13-11-32(60-39)28-51-17-14-30-9-8-29(24-38(30)51)26-46-27-37-40(34-6-4-5-7-36(34)49-37)41-35-25-31(52)10-12-33(35)42(53)50-41/h4-14,17,24-25,41,46,49,52H,15-16,18-23,26-28H2,1-3H3,(H,47,54)(H,48,55)(H,50,53). The van der Waals surface area contributed by atoms with Crippen LogP contribution < -0.4 is 21.3 Å². The van der Waals surface area contributed by atoms with E-state index in [0.29, 0.717) is 82.8 Å². The van der Waals surface area contributed by atoms with Gasteiger partial charge in [-0.15, -0.1) is 11.3 Å². The first-order valence-electron chi connectivity index (χ1n) is 20.1. The minimum absolute atomic E-state index is 0.126. The molecule has 1 aliphatic heterocycles. The molecule has 1 aliphatic rings. The molecule has 0 spiro atoms. The topological polar surface area (TPSA) is 177 Å². The molecule has 3 aromatic heterocycles. The number of alkyl carbamates (subject to hydrolysis) is 1. The molecule has 7 rings (SSSR count). The van der Waals surface area contributed by atoms with E-state index in [1.807, 2.05) is 51.1 Å². The van der Waals surface area contributed by atoms with Gasteiger partial charge in [0, 0.05) is 70.5 Å². The van der Waals surface area contributed by atoms with Gasteiger partial charge in [-0.3, -0.25) is 9.59 Å². The van der Waals surface area contributed by atoms with Gasteiger partial charge in [-0.25, -0.2) is 4.79 Å². The van der Waals surface area contributed by atoms with Gasteiger partial charge in [-0.1, -0.05) is 30.3 Å². The van der Waals surface area contributed by atoms with Gasteiger partial charge in [-0.2, -0.15) is 0 Å². The number of benzene rings is 3. The molecule has 0 saturated heterocycles. The molecule has 316 valence electrons. The molecule has 6 aromatic rings. The Balaban J connectivity index is 0.835. The number of amides is 3. The number of hydrogen-bond acceptors (Lipinski definition) is 10. The Morgan fingerprint density at radius 2 is 1.60 bits per heavy atom. The van der Waals surface area contributed by atoms with Crippen LogP contribution in [0, 0.1) is 0 Å². The van der Waals surface area contributed by atoms with Crippen LogP contribution in [0.15, 0.2) is 85.1 Å². The quantitative estimate of drug-likeness (QED) is 0.0478. The fourth-order valence-electron chi connectivity index (χ4n) is 7.17. The Bertz CT molecular complexity index is 2430. The lowest BCUT2D eigenvalue weighted by Crippen LogP contribution is -2.34. The summed E-state index contributed by atoms with van der Waals surface area (Å²) in [6.07, 6.45) is 1.60. The number of aromatic amines is 1. The second-order valence-corrected chi connectivity index (χ2v) is 16.6. The third-order valence-electron chi connectivity index (χ3n) is 9.85. The number of rotatable bonds is 20. The first-order valence-corrected chi connectivity index (χ1v) is 20.9. The SMILES string of the molecule is CC(C)(C)OC(=O)NCCOCCOCCOCCNC(=O)c1ccc(Cn2ccc3ccc(CNCc4[nH]c5ccccc5c4C4NC(=O)c5ccc(O)cc54)cc32)s1. The Kier molecular flexibility index (Phi) is 13.8. The average Bonchev–Trinajstić information content (AvgIpc) is 4.00. The van der Waals surface area contributed by atoms with Crippen molar-refractivity contribution in [3.8, 4) is 5.75 Å². The molecule has 3 amide bonds. The summed E-state index contributed by atoms with van der Waals surface area (Å²) in [5.74, 6) is -0.159. The van der Waals surface area contributed by atoms with Gasteiger partial charge in [0.1, 0.15) is 11.4 Å². The van der Waals surface area contributed by atoms with Crippen molar-refractivity contribution in [1.29, 1.82) is 0 Å². The smallest absolute Gasteiger partial charge is 0.407 e. The second-order valence-electron chi connectivity index (χ2n) is 15.5. The third-order valence-corrected chi connectivity index (χ3v) is 10.9. The van der Waals surface area contributed by atoms with E-state index in [4.69, 9.17) is 18.9 Å². The van der Waals surface area contributed by atoms with Gasteiger partial charge in [0.25, 0.3) is 11.8 Å². The van der Waals surface area contributed by atoms with E-state index in [1.54, 1.807) is 18.2 Å². The zero-order valence-corrected chi connectivity index (χ0v) is 34.9. The molecular formula is C45H52N6O8S. The van der Waals surface area contributed by atoms with Crippen molar-refractivity contribution in [2.45, 2.75) is 52.0 Å². The van der Waals surface area contributed by atoms with Crippen molar-refractivity contribution >= 4 is 51.1 Å². The van der Waals surface area contributed by atoms with Crippen LogP contribution in [-0.4, -0.2) is 90.9 Å². The summed E-state index contributed by atoms with van der Waals surface area (Å²) in [6, 6.07) is 25.0. The number of aromatic hydroxyl groups is 1. The van der Waals surface area contributed by atoms with E-state index in [0.717, 1.165) is 49.1 Å². The molecule has 1 atom stereocenters. The minimum Gasteiger partial charge on any atom is -0.508 e. The van der Waals surface area contributed by atoms with E-state index < -0.39 is 11.7 Å². The largest absolute Gasteiger partial charge is 0.508 e. The number of nitrogens with one attached hydrogen (secondary N) is 5. The van der Waals surface area contributed by atoms with Crippen LogP contribution in [0.3, 0.4) is 0 Å². The van der Waals surface area contributed by atoms with Crippen molar-refractivity contribution in [2.75, 3.05) is 52.7 Å². The first-order chi connectivity index (χ1) is 29.0. The van der Waals surface area contributed by atoms with E-state index in [9.17, 15) is 19.5 Å². The Labute approximate surface area is 352 Å². The van der Waals surface area contributed by atoms with Crippen LogP contribution in [0.1, 0.15) is 74.1 Å². The van der Waals surface area contributed by atoms with Gasteiger partial charge < -0.3 is 54.9 Å². The molecule has 0 saturated carbocycles. The second kappa shape index (κ2) is 19.6. The lowest BCUT2D eigenvalue weighted by Gasteiger charge is -2.19. The number of phenols is 1. The molecule has 1 unspecified atom stereocenters. The molecule has 0 bridgehead atoms. The highest BCUT2D eigenvalue weighted by Gasteiger charge is 2.33. The summed E-state index contributed by atoms with van der Waals surface area (Å²) in [5.41, 5.74) is 5.98. The van der Waals surface area contributed by atoms with Crippen molar-refractivity contribution in [3.05, 3.63) is 123 Å². The molecule has 0 radical (unpaired) electrons. The lowest BCUT2D eigenvalue weighted by molar-refractivity contribution is 0.0146. The summed E-state index contributed by atoms with van der Waals surface area (Å²) < 4.78 is 23.9. The van der Waals surface area contributed by atoms with E-state index >= 15 is 0 Å². The maximum Gasteiger partial charge on any atom is 0.407 e. The Morgan fingerprint density at radius 3 is 2.38 bits per heavy atom. The number of H-pyrrole nitrogens is 1. The number of fused-ring (bicyclic) bond motifs is 3. The maximum atomic E-state index is 12.9. The van der Waals surface area contributed by atoms with E-state index in [-0.39, 0.29) is 23.6 Å². The van der Waals surface area contributed by atoms with Crippen molar-refractivity contribution in [1.82, 2.24) is 30.8 Å². The van der Waals surface area contributed by atoms with Gasteiger partial charge in [0.05, 0.1) is 57.1 Å². The number of thiophene rings is 1. The van der Waals surface area contributed by atoms with Crippen molar-refractivity contribution in [2.24, 2.45) is 0 Å². The Hall–Kier alpha value is -5.71. The number of carbonyl (C=O) groups excluding carboxylic acids is 3. The number of hydrogen-bond donors (Lipinski definition) is 6. The number of phenolic OH excluding ortho intramolecular Hbond substituents is 1. The van der Waals surface area contributed by atoms with E-state index in [2.05, 4.69) is 67.3 Å². The van der Waals surface area contributed by atoms with Gasteiger partial charge in [0.15, 0.2) is 0 Å².